The SMILES string of the molecule is CCCCCCCCCCCCCCOC(=O)c1cccc2ccccc12. The first-order valence-corrected chi connectivity index (χ1v) is 11.0. The molecule has 0 aromatic heterocycles. The van der Waals surface area contributed by atoms with E-state index < -0.39 is 0 Å². The molecule has 0 saturated carbocycles. The van der Waals surface area contributed by atoms with Gasteiger partial charge in [0.05, 0.1) is 12.2 Å². The Bertz CT molecular complexity index is 657. The Morgan fingerprint density at radius 1 is 0.704 bits per heavy atom. The largest absolute Gasteiger partial charge is 0.462 e. The summed E-state index contributed by atoms with van der Waals surface area (Å²) in [5, 5.41) is 2.05. The van der Waals surface area contributed by atoms with Crippen LogP contribution in [0.5, 0.6) is 0 Å². The van der Waals surface area contributed by atoms with Crippen LogP contribution in [0.1, 0.15) is 94.3 Å². The summed E-state index contributed by atoms with van der Waals surface area (Å²) in [6.45, 7) is 2.80. The smallest absolute Gasteiger partial charge is 0.338 e. The molecule has 2 rings (SSSR count). The number of hydrogen-bond acceptors (Lipinski definition) is 2. The molecule has 0 spiro atoms. The Hall–Kier alpha value is -1.83. The van der Waals surface area contributed by atoms with Crippen LogP contribution in [0.2, 0.25) is 0 Å². The van der Waals surface area contributed by atoms with Gasteiger partial charge in [-0.25, -0.2) is 4.79 Å². The maximum atomic E-state index is 12.3. The predicted octanol–water partition coefficient (Wildman–Crippen LogP) is 7.70. The molecule has 0 radical (unpaired) electrons. The van der Waals surface area contributed by atoms with Crippen molar-refractivity contribution >= 4 is 16.7 Å². The molecule has 2 aromatic carbocycles. The van der Waals surface area contributed by atoms with Gasteiger partial charge in [0.25, 0.3) is 0 Å². The number of unbranched alkanes of at least 4 members (excludes halogenated alkanes) is 11. The van der Waals surface area contributed by atoms with E-state index in [4.69, 9.17) is 4.74 Å². The van der Waals surface area contributed by atoms with Crippen LogP contribution in [-0.4, -0.2) is 12.6 Å². The van der Waals surface area contributed by atoms with Crippen molar-refractivity contribution in [1.82, 2.24) is 0 Å². The fourth-order valence-corrected chi connectivity index (χ4v) is 3.59. The Kier molecular flexibility index (Phi) is 10.6. The number of benzene rings is 2. The second-order valence-corrected chi connectivity index (χ2v) is 7.55. The van der Waals surface area contributed by atoms with Gasteiger partial charge in [-0.1, -0.05) is 114 Å². The van der Waals surface area contributed by atoms with Crippen LogP contribution in [0.15, 0.2) is 42.5 Å². The zero-order chi connectivity index (χ0) is 19.2. The number of esters is 1. The molecule has 0 fully saturated rings. The second-order valence-electron chi connectivity index (χ2n) is 7.55. The quantitative estimate of drug-likeness (QED) is 0.252. The van der Waals surface area contributed by atoms with Crippen LogP contribution in [0.4, 0.5) is 0 Å². The third kappa shape index (κ3) is 8.15. The Labute approximate surface area is 165 Å². The van der Waals surface area contributed by atoms with Gasteiger partial charge in [0.15, 0.2) is 0 Å². The molecule has 27 heavy (non-hydrogen) atoms. The fourth-order valence-electron chi connectivity index (χ4n) is 3.59. The highest BCUT2D eigenvalue weighted by Gasteiger charge is 2.10. The number of carbonyl (C=O) groups excluding carboxylic acids is 1. The molecule has 0 atom stereocenters. The van der Waals surface area contributed by atoms with Crippen molar-refractivity contribution in [1.29, 1.82) is 0 Å². The molecule has 2 heteroatoms. The Morgan fingerprint density at radius 2 is 1.26 bits per heavy atom. The molecule has 0 amide bonds. The minimum Gasteiger partial charge on any atom is -0.462 e. The van der Waals surface area contributed by atoms with Gasteiger partial charge in [0.1, 0.15) is 0 Å². The lowest BCUT2D eigenvalue weighted by molar-refractivity contribution is 0.0500. The first-order chi connectivity index (χ1) is 13.3. The first kappa shape index (κ1) is 21.5. The summed E-state index contributed by atoms with van der Waals surface area (Å²) >= 11 is 0. The molecule has 2 nitrogen and oxygen atoms in total. The van der Waals surface area contributed by atoms with E-state index in [9.17, 15) is 4.79 Å². The van der Waals surface area contributed by atoms with E-state index in [2.05, 4.69) is 6.92 Å². The summed E-state index contributed by atoms with van der Waals surface area (Å²) in [6, 6.07) is 13.8. The molecule has 0 aliphatic heterocycles. The zero-order valence-electron chi connectivity index (χ0n) is 17.1. The molecule has 0 saturated heterocycles. The lowest BCUT2D eigenvalue weighted by atomic mass is 10.0. The van der Waals surface area contributed by atoms with E-state index in [-0.39, 0.29) is 5.97 Å². The number of carbonyl (C=O) groups is 1. The van der Waals surface area contributed by atoms with Gasteiger partial charge in [0.2, 0.25) is 0 Å². The van der Waals surface area contributed by atoms with Gasteiger partial charge in [-0.3, -0.25) is 0 Å². The van der Waals surface area contributed by atoms with Gasteiger partial charge in [-0.2, -0.15) is 0 Å². The molecular weight excluding hydrogens is 332 g/mol. The van der Waals surface area contributed by atoms with Crippen LogP contribution in [0.25, 0.3) is 10.8 Å². The normalized spacial score (nSPS) is 11.0. The molecule has 0 bridgehead atoms. The van der Waals surface area contributed by atoms with E-state index in [0.717, 1.165) is 23.6 Å². The lowest BCUT2D eigenvalue weighted by Crippen LogP contribution is -2.07. The standard InChI is InChI=1S/C25H36O2/c1-2-3-4-5-6-7-8-9-10-11-12-15-21-27-25(26)24-20-16-18-22-17-13-14-19-23(22)24/h13-14,16-20H,2-12,15,21H2,1H3. The number of hydrogen-bond donors (Lipinski definition) is 0. The van der Waals surface area contributed by atoms with Crippen LogP contribution in [0.3, 0.4) is 0 Å². The highest BCUT2D eigenvalue weighted by Crippen LogP contribution is 2.19. The molecule has 0 heterocycles. The van der Waals surface area contributed by atoms with Crippen molar-refractivity contribution < 1.29 is 9.53 Å². The summed E-state index contributed by atoms with van der Waals surface area (Å²) in [4.78, 5) is 12.3. The van der Waals surface area contributed by atoms with Gasteiger partial charge < -0.3 is 4.74 Å². The minimum atomic E-state index is -0.199. The molecule has 0 aliphatic rings. The van der Waals surface area contributed by atoms with E-state index in [1.165, 1.54) is 64.2 Å². The number of ether oxygens (including phenoxy) is 1. The summed E-state index contributed by atoms with van der Waals surface area (Å²) < 4.78 is 5.49. The minimum absolute atomic E-state index is 0.199. The van der Waals surface area contributed by atoms with Crippen molar-refractivity contribution in [3.05, 3.63) is 48.0 Å². The van der Waals surface area contributed by atoms with Gasteiger partial charge in [-0.05, 0) is 23.3 Å². The summed E-state index contributed by atoms with van der Waals surface area (Å²) in [7, 11) is 0. The van der Waals surface area contributed by atoms with Crippen molar-refractivity contribution in [2.75, 3.05) is 6.61 Å². The third-order valence-electron chi connectivity index (χ3n) is 5.24. The van der Waals surface area contributed by atoms with E-state index in [1.54, 1.807) is 0 Å². The topological polar surface area (TPSA) is 26.3 Å². The van der Waals surface area contributed by atoms with Crippen LogP contribution < -0.4 is 0 Å². The predicted molar refractivity (Wildman–Crippen MR) is 115 cm³/mol. The van der Waals surface area contributed by atoms with E-state index >= 15 is 0 Å². The second kappa shape index (κ2) is 13.4. The summed E-state index contributed by atoms with van der Waals surface area (Å²) in [5.74, 6) is -0.199. The van der Waals surface area contributed by atoms with Crippen LogP contribution in [-0.2, 0) is 4.74 Å². The molecule has 0 unspecified atom stereocenters. The Balaban J connectivity index is 1.50. The van der Waals surface area contributed by atoms with E-state index in [0.29, 0.717) is 12.2 Å². The first-order valence-electron chi connectivity index (χ1n) is 11.0. The number of fused-ring (bicyclic) bond motifs is 1. The fraction of sp³-hybridized carbons (Fsp3) is 0.560. The van der Waals surface area contributed by atoms with Crippen molar-refractivity contribution in [2.45, 2.75) is 84.0 Å². The lowest BCUT2D eigenvalue weighted by Gasteiger charge is -2.07. The van der Waals surface area contributed by atoms with Crippen LogP contribution >= 0.6 is 0 Å². The van der Waals surface area contributed by atoms with Crippen LogP contribution in [0, 0.1) is 0 Å². The van der Waals surface area contributed by atoms with Crippen molar-refractivity contribution in [2.24, 2.45) is 0 Å². The molecule has 2 aromatic rings. The molecular formula is C25H36O2. The average Bonchev–Trinajstić information content (AvgIpc) is 2.71. The van der Waals surface area contributed by atoms with E-state index in [1.807, 2.05) is 42.5 Å². The average molecular weight is 369 g/mol. The number of rotatable bonds is 14. The van der Waals surface area contributed by atoms with Crippen molar-refractivity contribution in [3.8, 4) is 0 Å². The summed E-state index contributed by atoms with van der Waals surface area (Å²) in [5.41, 5.74) is 0.673. The third-order valence-corrected chi connectivity index (χ3v) is 5.24. The Morgan fingerprint density at radius 3 is 1.93 bits per heavy atom. The maximum Gasteiger partial charge on any atom is 0.338 e. The van der Waals surface area contributed by atoms with Gasteiger partial charge >= 0.3 is 5.97 Å². The van der Waals surface area contributed by atoms with Gasteiger partial charge in [-0.15, -0.1) is 0 Å². The monoisotopic (exact) mass is 368 g/mol. The van der Waals surface area contributed by atoms with Crippen molar-refractivity contribution in [3.63, 3.8) is 0 Å². The highest BCUT2D eigenvalue weighted by molar-refractivity contribution is 6.04. The highest BCUT2D eigenvalue weighted by atomic mass is 16.5. The molecule has 0 aliphatic carbocycles. The summed E-state index contributed by atoms with van der Waals surface area (Å²) in [6.07, 6.45) is 15.8. The zero-order valence-corrected chi connectivity index (χ0v) is 17.1. The molecule has 0 N–H and O–H groups in total. The van der Waals surface area contributed by atoms with Gasteiger partial charge in [0, 0.05) is 0 Å². The maximum absolute atomic E-state index is 12.3. The molecule has 148 valence electrons.